The van der Waals surface area contributed by atoms with E-state index in [-0.39, 0.29) is 12.0 Å². The highest BCUT2D eigenvalue weighted by atomic mass is 16.4. The van der Waals surface area contributed by atoms with Crippen LogP contribution in [-0.4, -0.2) is 39.0 Å². The summed E-state index contributed by atoms with van der Waals surface area (Å²) in [6.07, 6.45) is 3.45. The molecule has 0 saturated carbocycles. The summed E-state index contributed by atoms with van der Waals surface area (Å²) in [7, 11) is 0. The van der Waals surface area contributed by atoms with Gasteiger partial charge in [-0.1, -0.05) is 13.8 Å². The fourth-order valence-electron chi connectivity index (χ4n) is 1.65. The molecule has 0 spiro atoms. The quantitative estimate of drug-likeness (QED) is 0.707. The maximum Gasteiger partial charge on any atom is 0.326 e. The molecule has 7 nitrogen and oxygen atoms in total. The monoisotopic (exact) mass is 268 g/mol. The van der Waals surface area contributed by atoms with Gasteiger partial charge in [0.2, 0.25) is 0 Å². The van der Waals surface area contributed by atoms with Crippen molar-refractivity contribution >= 4 is 12.0 Å². The lowest BCUT2D eigenvalue weighted by Crippen LogP contribution is -2.51. The molecule has 7 heteroatoms. The van der Waals surface area contributed by atoms with Gasteiger partial charge in [-0.15, -0.1) is 0 Å². The normalized spacial score (nSPS) is 13.9. The first kappa shape index (κ1) is 15.0. The van der Waals surface area contributed by atoms with E-state index in [1.165, 1.54) is 0 Å². The molecule has 0 fully saturated rings. The number of amides is 2. The van der Waals surface area contributed by atoms with Gasteiger partial charge in [0.05, 0.1) is 6.54 Å². The molecular formula is C12H20N4O3. The number of hydrogen-bond acceptors (Lipinski definition) is 3. The van der Waals surface area contributed by atoms with E-state index in [2.05, 4.69) is 15.7 Å². The third-order valence-corrected chi connectivity index (χ3v) is 2.62. The van der Waals surface area contributed by atoms with Crippen LogP contribution in [0.3, 0.4) is 0 Å². The zero-order chi connectivity index (χ0) is 14.4. The van der Waals surface area contributed by atoms with Crippen molar-refractivity contribution < 1.29 is 14.7 Å². The zero-order valence-electron chi connectivity index (χ0n) is 11.3. The van der Waals surface area contributed by atoms with Gasteiger partial charge in [-0.2, -0.15) is 5.10 Å². The molecule has 0 radical (unpaired) electrons. The average Bonchev–Trinajstić information content (AvgIpc) is 2.77. The molecule has 0 saturated heterocycles. The van der Waals surface area contributed by atoms with E-state index in [0.717, 1.165) is 0 Å². The van der Waals surface area contributed by atoms with Crippen molar-refractivity contribution in [3.05, 3.63) is 18.5 Å². The molecule has 1 unspecified atom stereocenters. The van der Waals surface area contributed by atoms with Crippen LogP contribution in [-0.2, 0) is 11.3 Å². The van der Waals surface area contributed by atoms with Gasteiger partial charge in [-0.25, -0.2) is 9.59 Å². The summed E-state index contributed by atoms with van der Waals surface area (Å²) in [6.45, 7) is 5.84. The Balaban J connectivity index is 2.43. The number of aromatic nitrogens is 2. The fourth-order valence-corrected chi connectivity index (χ4v) is 1.65. The predicted octanol–water partition coefficient (Wildman–Crippen LogP) is 0.680. The van der Waals surface area contributed by atoms with Crippen LogP contribution in [0.1, 0.15) is 20.8 Å². The summed E-state index contributed by atoms with van der Waals surface area (Å²) in [4.78, 5) is 22.6. The smallest absolute Gasteiger partial charge is 0.326 e. The number of nitrogens with one attached hydrogen (secondary N) is 2. The molecule has 1 heterocycles. The number of carbonyl (C=O) groups is 2. The van der Waals surface area contributed by atoms with E-state index in [1.54, 1.807) is 37.0 Å². The molecule has 1 aromatic heterocycles. The van der Waals surface area contributed by atoms with E-state index in [4.69, 9.17) is 5.11 Å². The van der Waals surface area contributed by atoms with Crippen molar-refractivity contribution in [2.45, 2.75) is 39.4 Å². The Kier molecular flexibility index (Phi) is 5.35. The minimum absolute atomic E-state index is 0.151. The molecule has 0 aliphatic heterocycles. The van der Waals surface area contributed by atoms with E-state index < -0.39 is 18.0 Å². The predicted molar refractivity (Wildman–Crippen MR) is 69.6 cm³/mol. The number of urea groups is 1. The average molecular weight is 268 g/mol. The lowest BCUT2D eigenvalue weighted by molar-refractivity contribution is -0.140. The van der Waals surface area contributed by atoms with Crippen LogP contribution in [0.2, 0.25) is 0 Å². The summed E-state index contributed by atoms with van der Waals surface area (Å²) < 4.78 is 1.70. The molecule has 19 heavy (non-hydrogen) atoms. The summed E-state index contributed by atoms with van der Waals surface area (Å²) in [5.74, 6) is -1.21. The van der Waals surface area contributed by atoms with Crippen LogP contribution in [0, 0.1) is 5.92 Å². The van der Waals surface area contributed by atoms with E-state index >= 15 is 0 Å². The van der Waals surface area contributed by atoms with Crippen LogP contribution in [0.25, 0.3) is 0 Å². The van der Waals surface area contributed by atoms with Crippen molar-refractivity contribution in [2.75, 3.05) is 0 Å². The molecular weight excluding hydrogens is 248 g/mol. The molecule has 106 valence electrons. The molecule has 1 rings (SSSR count). The van der Waals surface area contributed by atoms with Gasteiger partial charge >= 0.3 is 12.0 Å². The van der Waals surface area contributed by atoms with E-state index in [0.29, 0.717) is 6.54 Å². The maximum absolute atomic E-state index is 11.7. The summed E-state index contributed by atoms with van der Waals surface area (Å²) in [5, 5.41) is 18.1. The summed E-state index contributed by atoms with van der Waals surface area (Å²) in [6, 6.07) is 0.269. The largest absolute Gasteiger partial charge is 0.480 e. The molecule has 2 amide bonds. The first-order chi connectivity index (χ1) is 8.90. The highest BCUT2D eigenvalue weighted by molar-refractivity contribution is 5.82. The first-order valence-electron chi connectivity index (χ1n) is 6.17. The third kappa shape index (κ3) is 4.99. The second-order valence-corrected chi connectivity index (χ2v) is 4.81. The number of aliphatic carboxylic acids is 1. The molecule has 2 atom stereocenters. The van der Waals surface area contributed by atoms with Crippen LogP contribution in [0.15, 0.2) is 18.5 Å². The number of carboxylic acid groups (broad SMARTS) is 1. The number of rotatable bonds is 6. The van der Waals surface area contributed by atoms with Gasteiger partial charge < -0.3 is 15.7 Å². The molecule has 0 bridgehead atoms. The molecule has 0 aromatic carbocycles. The number of hydrogen-bond donors (Lipinski definition) is 3. The first-order valence-corrected chi connectivity index (χ1v) is 6.17. The Morgan fingerprint density at radius 2 is 2.00 bits per heavy atom. The lowest BCUT2D eigenvalue weighted by atomic mass is 10.1. The highest BCUT2D eigenvalue weighted by Gasteiger charge is 2.23. The Morgan fingerprint density at radius 3 is 2.47 bits per heavy atom. The van der Waals surface area contributed by atoms with Crippen molar-refractivity contribution in [2.24, 2.45) is 5.92 Å². The Hall–Kier alpha value is -2.05. The highest BCUT2D eigenvalue weighted by Crippen LogP contribution is 2.01. The van der Waals surface area contributed by atoms with Gasteiger partial charge in [-0.05, 0) is 18.9 Å². The minimum atomic E-state index is -1.04. The van der Waals surface area contributed by atoms with Gasteiger partial charge in [0.15, 0.2) is 0 Å². The van der Waals surface area contributed by atoms with Gasteiger partial charge in [-0.3, -0.25) is 4.68 Å². The molecule has 1 aromatic rings. The SMILES string of the molecule is CC(Cn1cccn1)NC(=O)N[C@@H](C(=O)O)C(C)C. The number of carboxylic acids is 1. The minimum Gasteiger partial charge on any atom is -0.480 e. The van der Waals surface area contributed by atoms with Crippen molar-refractivity contribution in [1.29, 1.82) is 0 Å². The Labute approximate surface area is 112 Å². The van der Waals surface area contributed by atoms with Crippen molar-refractivity contribution in [1.82, 2.24) is 20.4 Å². The topological polar surface area (TPSA) is 96.3 Å². The van der Waals surface area contributed by atoms with Gasteiger partial charge in [0.1, 0.15) is 6.04 Å². The van der Waals surface area contributed by atoms with Crippen LogP contribution >= 0.6 is 0 Å². The maximum atomic E-state index is 11.7. The lowest BCUT2D eigenvalue weighted by Gasteiger charge is -2.20. The Bertz CT molecular complexity index is 417. The fraction of sp³-hybridized carbons (Fsp3) is 0.583. The molecule has 0 aliphatic carbocycles. The van der Waals surface area contributed by atoms with Gasteiger partial charge in [0, 0.05) is 18.4 Å². The van der Waals surface area contributed by atoms with Crippen LogP contribution in [0.5, 0.6) is 0 Å². The second kappa shape index (κ2) is 6.77. The summed E-state index contributed by atoms with van der Waals surface area (Å²) in [5.41, 5.74) is 0. The zero-order valence-corrected chi connectivity index (χ0v) is 11.3. The second-order valence-electron chi connectivity index (χ2n) is 4.81. The summed E-state index contributed by atoms with van der Waals surface area (Å²) >= 11 is 0. The van der Waals surface area contributed by atoms with E-state index in [9.17, 15) is 9.59 Å². The number of carbonyl (C=O) groups excluding carboxylic acids is 1. The third-order valence-electron chi connectivity index (χ3n) is 2.62. The molecule has 0 aliphatic rings. The van der Waals surface area contributed by atoms with Crippen molar-refractivity contribution in [3.63, 3.8) is 0 Å². The number of nitrogens with zero attached hydrogens (tertiary/aromatic N) is 2. The standard InChI is InChI=1S/C12H20N4O3/c1-8(2)10(11(17)18)15-12(19)14-9(3)7-16-6-4-5-13-16/h4-6,8-10H,7H2,1-3H3,(H,17,18)(H2,14,15,19)/t9?,10-/m1/s1. The van der Waals surface area contributed by atoms with Crippen LogP contribution in [0.4, 0.5) is 4.79 Å². The van der Waals surface area contributed by atoms with Crippen LogP contribution < -0.4 is 10.6 Å². The van der Waals surface area contributed by atoms with E-state index in [1.807, 2.05) is 6.92 Å². The van der Waals surface area contributed by atoms with Crippen molar-refractivity contribution in [3.8, 4) is 0 Å². The molecule has 3 N–H and O–H groups in total. The Morgan fingerprint density at radius 1 is 1.32 bits per heavy atom. The van der Waals surface area contributed by atoms with Gasteiger partial charge in [0.25, 0.3) is 0 Å².